The van der Waals surface area contributed by atoms with Gasteiger partial charge >= 0.3 is 0 Å². The summed E-state index contributed by atoms with van der Waals surface area (Å²) >= 11 is 12.7. The van der Waals surface area contributed by atoms with Gasteiger partial charge in [-0.05, 0) is 60.8 Å². The number of benzene rings is 2. The second kappa shape index (κ2) is 6.59. The van der Waals surface area contributed by atoms with Crippen LogP contribution >= 0.6 is 23.2 Å². The minimum Gasteiger partial charge on any atom is -0.372 e. The highest BCUT2D eigenvalue weighted by Gasteiger charge is 2.27. The second-order valence-electron chi connectivity index (χ2n) is 6.99. The van der Waals surface area contributed by atoms with Crippen molar-refractivity contribution < 1.29 is 0 Å². The summed E-state index contributed by atoms with van der Waals surface area (Å²) in [4.78, 5) is 4.81. The standard InChI is InChI=1S/C20H22Cl2N2/c1-23-12-18(17-10-15(21)11-20(22)19(17)13-23)14-4-6-16(7-5-14)24-8-2-3-9-24/h4-7,10-11,18H,2-3,8-9,12-13H2,1H3. The molecule has 126 valence electrons. The lowest BCUT2D eigenvalue weighted by molar-refractivity contribution is 0.295. The highest BCUT2D eigenvalue weighted by molar-refractivity contribution is 6.35. The molecule has 0 amide bonds. The third kappa shape index (κ3) is 3.03. The van der Waals surface area contributed by atoms with Crippen molar-refractivity contribution in [1.82, 2.24) is 4.90 Å². The van der Waals surface area contributed by atoms with Crippen LogP contribution in [0.1, 0.15) is 35.4 Å². The van der Waals surface area contributed by atoms with E-state index in [0.29, 0.717) is 5.92 Å². The number of rotatable bonds is 2. The Morgan fingerprint density at radius 3 is 2.42 bits per heavy atom. The maximum Gasteiger partial charge on any atom is 0.0468 e. The van der Waals surface area contributed by atoms with Crippen LogP contribution in [0.4, 0.5) is 5.69 Å². The van der Waals surface area contributed by atoms with Crippen molar-refractivity contribution in [3.05, 3.63) is 63.1 Å². The molecule has 0 spiro atoms. The minimum absolute atomic E-state index is 0.322. The quantitative estimate of drug-likeness (QED) is 0.728. The summed E-state index contributed by atoms with van der Waals surface area (Å²) in [6.45, 7) is 4.24. The second-order valence-corrected chi connectivity index (χ2v) is 7.83. The average molecular weight is 361 g/mol. The number of hydrogen-bond donors (Lipinski definition) is 0. The van der Waals surface area contributed by atoms with Crippen molar-refractivity contribution in [2.24, 2.45) is 0 Å². The molecule has 2 nitrogen and oxygen atoms in total. The molecule has 0 radical (unpaired) electrons. The van der Waals surface area contributed by atoms with E-state index in [4.69, 9.17) is 23.2 Å². The lowest BCUT2D eigenvalue weighted by Gasteiger charge is -2.33. The van der Waals surface area contributed by atoms with Crippen molar-refractivity contribution in [2.45, 2.75) is 25.3 Å². The zero-order chi connectivity index (χ0) is 16.7. The lowest BCUT2D eigenvalue weighted by Crippen LogP contribution is -2.31. The molecule has 2 aliphatic heterocycles. The predicted molar refractivity (Wildman–Crippen MR) is 103 cm³/mol. The van der Waals surface area contributed by atoms with Gasteiger partial charge in [-0.3, -0.25) is 0 Å². The number of halogens is 2. The van der Waals surface area contributed by atoms with Crippen LogP contribution in [-0.4, -0.2) is 31.6 Å². The SMILES string of the molecule is CN1Cc2c(Cl)cc(Cl)cc2C(c2ccc(N3CCCC3)cc2)C1. The predicted octanol–water partition coefficient (Wildman–Crippen LogP) is 5.17. The Kier molecular flexibility index (Phi) is 4.46. The first-order valence-corrected chi connectivity index (χ1v) is 9.38. The van der Waals surface area contributed by atoms with Gasteiger partial charge in [0.25, 0.3) is 0 Å². The molecule has 2 aromatic carbocycles. The van der Waals surface area contributed by atoms with Crippen LogP contribution in [0.25, 0.3) is 0 Å². The maximum absolute atomic E-state index is 6.46. The first-order chi connectivity index (χ1) is 11.6. The number of likely N-dealkylation sites (N-methyl/N-ethyl adjacent to an activating group) is 1. The van der Waals surface area contributed by atoms with E-state index in [0.717, 1.165) is 23.1 Å². The molecule has 1 saturated heterocycles. The summed E-state index contributed by atoms with van der Waals surface area (Å²) in [5, 5.41) is 1.50. The van der Waals surface area contributed by atoms with Gasteiger partial charge in [-0.2, -0.15) is 0 Å². The number of anilines is 1. The van der Waals surface area contributed by atoms with E-state index in [1.807, 2.05) is 6.07 Å². The van der Waals surface area contributed by atoms with Crippen LogP contribution < -0.4 is 4.90 Å². The van der Waals surface area contributed by atoms with Gasteiger partial charge in [0.05, 0.1) is 0 Å². The molecule has 2 aliphatic rings. The molecule has 1 atom stereocenters. The molecule has 24 heavy (non-hydrogen) atoms. The van der Waals surface area contributed by atoms with E-state index < -0.39 is 0 Å². The molecule has 4 rings (SSSR count). The number of fused-ring (bicyclic) bond motifs is 1. The molecule has 0 bridgehead atoms. The molecule has 2 heterocycles. The monoisotopic (exact) mass is 360 g/mol. The maximum atomic E-state index is 6.46. The largest absolute Gasteiger partial charge is 0.372 e. The summed E-state index contributed by atoms with van der Waals surface area (Å²) in [5.41, 5.74) is 5.16. The van der Waals surface area contributed by atoms with Gasteiger partial charge < -0.3 is 9.80 Å². The van der Waals surface area contributed by atoms with Crippen LogP contribution in [0.15, 0.2) is 36.4 Å². The molecular formula is C20H22Cl2N2. The van der Waals surface area contributed by atoms with Crippen LogP contribution in [-0.2, 0) is 6.54 Å². The fraction of sp³-hybridized carbons (Fsp3) is 0.400. The molecule has 2 aromatic rings. The molecule has 0 aliphatic carbocycles. The van der Waals surface area contributed by atoms with E-state index in [1.54, 1.807) is 0 Å². The van der Waals surface area contributed by atoms with Crippen molar-refractivity contribution >= 4 is 28.9 Å². The topological polar surface area (TPSA) is 6.48 Å². The molecule has 1 fully saturated rings. The summed E-state index contributed by atoms with van der Waals surface area (Å²) in [7, 11) is 2.15. The molecule has 4 heteroatoms. The third-order valence-electron chi connectivity index (χ3n) is 5.26. The Morgan fingerprint density at radius 2 is 1.71 bits per heavy atom. The van der Waals surface area contributed by atoms with Crippen LogP contribution in [0.2, 0.25) is 10.0 Å². The average Bonchev–Trinajstić information content (AvgIpc) is 3.10. The zero-order valence-electron chi connectivity index (χ0n) is 13.9. The van der Waals surface area contributed by atoms with Crippen molar-refractivity contribution in [3.63, 3.8) is 0 Å². The Balaban J connectivity index is 1.69. The molecule has 0 N–H and O–H groups in total. The Morgan fingerprint density at radius 1 is 1.00 bits per heavy atom. The van der Waals surface area contributed by atoms with Gasteiger partial charge in [0.2, 0.25) is 0 Å². The van der Waals surface area contributed by atoms with E-state index in [-0.39, 0.29) is 0 Å². The minimum atomic E-state index is 0.322. The highest BCUT2D eigenvalue weighted by Crippen LogP contribution is 2.38. The summed E-state index contributed by atoms with van der Waals surface area (Å²) < 4.78 is 0. The third-order valence-corrected chi connectivity index (χ3v) is 5.81. The summed E-state index contributed by atoms with van der Waals surface area (Å²) in [6, 6.07) is 13.0. The van der Waals surface area contributed by atoms with Gasteiger partial charge in [0.1, 0.15) is 0 Å². The van der Waals surface area contributed by atoms with Crippen LogP contribution in [0.5, 0.6) is 0 Å². The normalized spacial score (nSPS) is 21.1. The highest BCUT2D eigenvalue weighted by atomic mass is 35.5. The van der Waals surface area contributed by atoms with Gasteiger partial charge in [-0.25, -0.2) is 0 Å². The van der Waals surface area contributed by atoms with E-state index in [9.17, 15) is 0 Å². The van der Waals surface area contributed by atoms with Crippen molar-refractivity contribution in [2.75, 3.05) is 31.6 Å². The molecular weight excluding hydrogens is 339 g/mol. The number of hydrogen-bond acceptors (Lipinski definition) is 2. The molecule has 1 unspecified atom stereocenters. The fourth-order valence-corrected chi connectivity index (χ4v) is 4.59. The van der Waals surface area contributed by atoms with Crippen molar-refractivity contribution in [1.29, 1.82) is 0 Å². The van der Waals surface area contributed by atoms with Crippen LogP contribution in [0.3, 0.4) is 0 Å². The molecule has 0 saturated carbocycles. The van der Waals surface area contributed by atoms with E-state index in [1.165, 1.54) is 48.3 Å². The van der Waals surface area contributed by atoms with E-state index >= 15 is 0 Å². The summed E-state index contributed by atoms with van der Waals surface area (Å²) in [6.07, 6.45) is 2.61. The lowest BCUT2D eigenvalue weighted by atomic mass is 9.84. The van der Waals surface area contributed by atoms with Gasteiger partial charge in [0, 0.05) is 47.8 Å². The molecule has 0 aromatic heterocycles. The first kappa shape index (κ1) is 16.3. The van der Waals surface area contributed by atoms with Crippen molar-refractivity contribution in [3.8, 4) is 0 Å². The zero-order valence-corrected chi connectivity index (χ0v) is 15.4. The van der Waals surface area contributed by atoms with Gasteiger partial charge in [0.15, 0.2) is 0 Å². The van der Waals surface area contributed by atoms with E-state index in [2.05, 4.69) is 47.2 Å². The van der Waals surface area contributed by atoms with Gasteiger partial charge in [-0.1, -0.05) is 35.3 Å². The number of nitrogens with zero attached hydrogens (tertiary/aromatic N) is 2. The Hall–Kier alpha value is -1.22. The fourth-order valence-electron chi connectivity index (χ4n) is 4.02. The van der Waals surface area contributed by atoms with Gasteiger partial charge in [-0.15, -0.1) is 0 Å². The van der Waals surface area contributed by atoms with Crippen LogP contribution in [0, 0.1) is 0 Å². The summed E-state index contributed by atoms with van der Waals surface area (Å²) in [5.74, 6) is 0.322. The first-order valence-electron chi connectivity index (χ1n) is 8.63. The smallest absolute Gasteiger partial charge is 0.0468 e. The Bertz CT molecular complexity index is 736. The Labute approximate surface area is 154 Å².